The number of rotatable bonds is 4. The molecule has 1 spiro atoms. The number of nitrogens with zero attached hydrogens (tertiary/aromatic N) is 2. The molecular weight excluding hydrogens is 350 g/mol. The molecule has 26 heavy (non-hydrogen) atoms. The molecule has 1 aliphatic carbocycles. The molecule has 134 valence electrons. The van der Waals surface area contributed by atoms with Crippen LogP contribution >= 0.6 is 11.3 Å². The second-order valence-corrected chi connectivity index (χ2v) is 7.55. The Morgan fingerprint density at radius 2 is 2.12 bits per heavy atom. The van der Waals surface area contributed by atoms with E-state index in [4.69, 9.17) is 0 Å². The number of carbonyl (C=O) groups is 3. The Kier molecular flexibility index (Phi) is 4.03. The first-order valence-electron chi connectivity index (χ1n) is 8.49. The number of amides is 4. The zero-order valence-corrected chi connectivity index (χ0v) is 15.2. The Morgan fingerprint density at radius 1 is 1.31 bits per heavy atom. The smallest absolute Gasteiger partial charge is 0.325 e. The van der Waals surface area contributed by atoms with E-state index in [9.17, 15) is 14.4 Å². The molecule has 4 amide bonds. The molecule has 1 saturated heterocycles. The molecule has 0 saturated carbocycles. The Bertz CT molecular complexity index is 880. The predicted octanol–water partition coefficient (Wildman–Crippen LogP) is 2.10. The minimum absolute atomic E-state index is 0.241. The lowest BCUT2D eigenvalue weighted by molar-refractivity contribution is -0.138. The van der Waals surface area contributed by atoms with Crippen molar-refractivity contribution in [1.29, 1.82) is 0 Å². The van der Waals surface area contributed by atoms with Crippen molar-refractivity contribution in [3.8, 4) is 0 Å². The maximum absolute atomic E-state index is 13.1. The summed E-state index contributed by atoms with van der Waals surface area (Å²) in [7, 11) is 1.68. The van der Waals surface area contributed by atoms with E-state index in [2.05, 4.69) is 5.32 Å². The summed E-state index contributed by atoms with van der Waals surface area (Å²) in [5, 5.41) is 6.77. The van der Waals surface area contributed by atoms with Crippen molar-refractivity contribution in [2.24, 2.45) is 0 Å². The molecule has 1 unspecified atom stereocenters. The molecule has 1 atom stereocenters. The highest BCUT2D eigenvalue weighted by Crippen LogP contribution is 2.41. The number of benzene rings is 1. The molecule has 1 N–H and O–H groups in total. The van der Waals surface area contributed by atoms with Gasteiger partial charge in [0.15, 0.2) is 0 Å². The van der Waals surface area contributed by atoms with Crippen LogP contribution in [-0.4, -0.2) is 41.2 Å². The zero-order valence-electron chi connectivity index (χ0n) is 14.4. The summed E-state index contributed by atoms with van der Waals surface area (Å²) in [5.41, 5.74) is 1.94. The van der Waals surface area contributed by atoms with Gasteiger partial charge in [-0.15, -0.1) is 0 Å². The van der Waals surface area contributed by atoms with Gasteiger partial charge in [0, 0.05) is 13.6 Å². The number of urea groups is 1. The molecule has 1 aromatic carbocycles. The van der Waals surface area contributed by atoms with Crippen LogP contribution in [0, 0.1) is 0 Å². The van der Waals surface area contributed by atoms with Crippen molar-refractivity contribution in [3.05, 3.63) is 57.8 Å². The van der Waals surface area contributed by atoms with Crippen LogP contribution in [0.1, 0.15) is 23.1 Å². The molecule has 1 fully saturated rings. The first kappa shape index (κ1) is 16.8. The van der Waals surface area contributed by atoms with Crippen LogP contribution in [0.4, 0.5) is 4.79 Å². The second-order valence-electron chi connectivity index (χ2n) is 6.77. The van der Waals surface area contributed by atoms with E-state index in [0.717, 1.165) is 28.0 Å². The molecule has 2 aliphatic rings. The summed E-state index contributed by atoms with van der Waals surface area (Å²) >= 11 is 1.57. The third-order valence-electron chi connectivity index (χ3n) is 5.14. The van der Waals surface area contributed by atoms with Gasteiger partial charge >= 0.3 is 6.03 Å². The Balaban J connectivity index is 1.51. The van der Waals surface area contributed by atoms with Gasteiger partial charge in [0.05, 0.1) is 0 Å². The van der Waals surface area contributed by atoms with Crippen LogP contribution in [-0.2, 0) is 28.1 Å². The molecule has 2 heterocycles. The van der Waals surface area contributed by atoms with Crippen LogP contribution in [0.25, 0.3) is 0 Å². The number of thiophene rings is 1. The fourth-order valence-electron chi connectivity index (χ4n) is 3.73. The van der Waals surface area contributed by atoms with Crippen molar-refractivity contribution in [3.63, 3.8) is 0 Å². The SMILES string of the molecule is CN(Cc1ccsc1)C(=O)CN1C(=O)NC2(CCc3ccccc32)C1=O. The summed E-state index contributed by atoms with van der Waals surface area (Å²) in [5.74, 6) is -0.590. The van der Waals surface area contributed by atoms with Crippen molar-refractivity contribution in [2.75, 3.05) is 13.6 Å². The van der Waals surface area contributed by atoms with Crippen LogP contribution < -0.4 is 5.32 Å². The maximum atomic E-state index is 13.1. The van der Waals surface area contributed by atoms with Crippen LogP contribution in [0.3, 0.4) is 0 Å². The number of carbonyl (C=O) groups excluding carboxylic acids is 3. The molecule has 6 nitrogen and oxygen atoms in total. The summed E-state index contributed by atoms with van der Waals surface area (Å²) < 4.78 is 0. The van der Waals surface area contributed by atoms with Gasteiger partial charge in [-0.1, -0.05) is 24.3 Å². The van der Waals surface area contributed by atoms with Gasteiger partial charge in [-0.25, -0.2) is 4.79 Å². The normalized spacial score (nSPS) is 21.2. The average Bonchev–Trinajstić information content (AvgIpc) is 3.32. The first-order chi connectivity index (χ1) is 12.5. The van der Waals surface area contributed by atoms with Crippen LogP contribution in [0.15, 0.2) is 41.1 Å². The highest BCUT2D eigenvalue weighted by molar-refractivity contribution is 7.07. The fraction of sp³-hybridized carbons (Fsp3) is 0.316. The van der Waals surface area contributed by atoms with Gasteiger partial charge in [0.25, 0.3) is 5.91 Å². The summed E-state index contributed by atoms with van der Waals surface area (Å²) in [4.78, 5) is 40.6. The van der Waals surface area contributed by atoms with Gasteiger partial charge in [0.1, 0.15) is 12.1 Å². The largest absolute Gasteiger partial charge is 0.340 e. The van der Waals surface area contributed by atoms with Gasteiger partial charge in [-0.05, 0) is 46.4 Å². The summed E-state index contributed by atoms with van der Waals surface area (Å²) in [6, 6.07) is 9.12. The minimum Gasteiger partial charge on any atom is -0.340 e. The number of hydrogen-bond acceptors (Lipinski definition) is 4. The van der Waals surface area contributed by atoms with Gasteiger partial charge in [-0.2, -0.15) is 11.3 Å². The number of likely N-dealkylation sites (N-methyl/N-ethyl adjacent to an activating group) is 1. The van der Waals surface area contributed by atoms with Crippen molar-refractivity contribution in [1.82, 2.24) is 15.1 Å². The van der Waals surface area contributed by atoms with E-state index in [1.165, 1.54) is 4.90 Å². The first-order valence-corrected chi connectivity index (χ1v) is 9.43. The molecule has 2 aromatic rings. The summed E-state index contributed by atoms with van der Waals surface area (Å²) in [6.07, 6.45) is 1.27. The summed E-state index contributed by atoms with van der Waals surface area (Å²) in [6.45, 7) is 0.217. The van der Waals surface area contributed by atoms with E-state index in [1.807, 2.05) is 41.1 Å². The minimum atomic E-state index is -1.01. The Labute approximate surface area is 155 Å². The number of hydrogen-bond donors (Lipinski definition) is 1. The van der Waals surface area contributed by atoms with Gasteiger partial charge < -0.3 is 10.2 Å². The second kappa shape index (κ2) is 6.25. The van der Waals surface area contributed by atoms with Gasteiger partial charge in [-0.3, -0.25) is 14.5 Å². The monoisotopic (exact) mass is 369 g/mol. The third-order valence-corrected chi connectivity index (χ3v) is 5.87. The van der Waals surface area contributed by atoms with E-state index >= 15 is 0 Å². The lowest BCUT2D eigenvalue weighted by Crippen LogP contribution is -2.44. The molecule has 0 radical (unpaired) electrons. The highest BCUT2D eigenvalue weighted by Gasteiger charge is 2.55. The number of aryl methyl sites for hydroxylation is 1. The van der Waals surface area contributed by atoms with Crippen molar-refractivity contribution >= 4 is 29.2 Å². The van der Waals surface area contributed by atoms with Crippen LogP contribution in [0.5, 0.6) is 0 Å². The molecular formula is C19H19N3O3S. The molecule has 1 aliphatic heterocycles. The molecule has 4 rings (SSSR count). The van der Waals surface area contributed by atoms with E-state index in [1.54, 1.807) is 18.4 Å². The van der Waals surface area contributed by atoms with Crippen molar-refractivity contribution < 1.29 is 14.4 Å². The molecule has 7 heteroatoms. The van der Waals surface area contributed by atoms with Crippen molar-refractivity contribution in [2.45, 2.75) is 24.9 Å². The topological polar surface area (TPSA) is 69.7 Å². The lowest BCUT2D eigenvalue weighted by Gasteiger charge is -2.23. The number of fused-ring (bicyclic) bond motifs is 2. The van der Waals surface area contributed by atoms with Crippen LogP contribution in [0.2, 0.25) is 0 Å². The number of nitrogens with one attached hydrogen (secondary N) is 1. The van der Waals surface area contributed by atoms with E-state index in [0.29, 0.717) is 13.0 Å². The Hall–Kier alpha value is -2.67. The molecule has 1 aromatic heterocycles. The predicted molar refractivity (Wildman–Crippen MR) is 97.5 cm³/mol. The lowest BCUT2D eigenvalue weighted by atomic mass is 9.92. The third kappa shape index (κ3) is 2.59. The highest BCUT2D eigenvalue weighted by atomic mass is 32.1. The van der Waals surface area contributed by atoms with E-state index in [-0.39, 0.29) is 18.4 Å². The quantitative estimate of drug-likeness (QED) is 0.839. The van der Waals surface area contributed by atoms with E-state index < -0.39 is 11.6 Å². The standard InChI is InChI=1S/C19H19N3O3S/c1-21(10-13-7-9-26-12-13)16(23)11-22-17(24)19(20-18(22)25)8-6-14-4-2-3-5-15(14)19/h2-5,7,9,12H,6,8,10-11H2,1H3,(H,20,25). The Morgan fingerprint density at radius 3 is 2.88 bits per heavy atom. The molecule has 0 bridgehead atoms. The number of imide groups is 1. The average molecular weight is 369 g/mol. The zero-order chi connectivity index (χ0) is 18.3. The maximum Gasteiger partial charge on any atom is 0.325 e. The van der Waals surface area contributed by atoms with Gasteiger partial charge in [0.2, 0.25) is 5.91 Å². The fourth-order valence-corrected chi connectivity index (χ4v) is 4.39.